The summed E-state index contributed by atoms with van der Waals surface area (Å²) in [4.78, 5) is 15.7. The predicted molar refractivity (Wildman–Crippen MR) is 125 cm³/mol. The van der Waals surface area contributed by atoms with Crippen LogP contribution in [-0.4, -0.2) is 15.5 Å². The number of benzene rings is 3. The van der Waals surface area contributed by atoms with E-state index >= 15 is 0 Å². The summed E-state index contributed by atoms with van der Waals surface area (Å²) in [5, 5.41) is 3.18. The third kappa shape index (κ3) is 3.50. The number of para-hydroxylation sites is 1. The van der Waals surface area contributed by atoms with Gasteiger partial charge < -0.3 is 14.8 Å². The number of rotatable bonds is 2. The molecule has 2 amide bonds. The van der Waals surface area contributed by atoms with Gasteiger partial charge in [0.1, 0.15) is 0 Å². The molecule has 1 aliphatic heterocycles. The number of aromatic nitrogens is 1. The molecule has 0 spiro atoms. The Bertz CT molecular complexity index is 1240. The molecule has 2 heterocycles. The van der Waals surface area contributed by atoms with Crippen molar-refractivity contribution >= 4 is 11.7 Å². The Morgan fingerprint density at radius 1 is 0.903 bits per heavy atom. The Morgan fingerprint density at radius 3 is 2.52 bits per heavy atom. The van der Waals surface area contributed by atoms with Crippen molar-refractivity contribution in [1.82, 2.24) is 9.47 Å². The first kappa shape index (κ1) is 19.2. The summed E-state index contributed by atoms with van der Waals surface area (Å²) >= 11 is 0. The number of carbonyl (C=O) groups is 1. The number of hydrogen-bond donors (Lipinski definition) is 1. The molecule has 154 valence electrons. The zero-order chi connectivity index (χ0) is 21.4. The molecule has 1 atom stereocenters. The second-order valence-corrected chi connectivity index (χ2v) is 8.12. The van der Waals surface area contributed by atoms with Gasteiger partial charge in [-0.2, -0.15) is 0 Å². The number of anilines is 1. The normalized spacial score (nSPS) is 15.0. The zero-order valence-electron chi connectivity index (χ0n) is 17.7. The van der Waals surface area contributed by atoms with Crippen LogP contribution in [0.3, 0.4) is 0 Å². The maximum absolute atomic E-state index is 13.7. The van der Waals surface area contributed by atoms with Crippen LogP contribution in [0.1, 0.15) is 34.0 Å². The van der Waals surface area contributed by atoms with Crippen LogP contribution >= 0.6 is 0 Å². The Morgan fingerprint density at radius 2 is 1.68 bits per heavy atom. The van der Waals surface area contributed by atoms with E-state index < -0.39 is 0 Å². The van der Waals surface area contributed by atoms with Gasteiger partial charge in [0.2, 0.25) is 0 Å². The summed E-state index contributed by atoms with van der Waals surface area (Å²) in [6.07, 6.45) is 2.08. The van der Waals surface area contributed by atoms with Gasteiger partial charge in [-0.1, -0.05) is 60.7 Å². The minimum absolute atomic E-state index is 0.105. The lowest BCUT2D eigenvalue weighted by molar-refractivity contribution is 0.194. The first-order valence-electron chi connectivity index (χ1n) is 10.6. The molecule has 5 rings (SSSR count). The largest absolute Gasteiger partial charge is 0.322 e. The summed E-state index contributed by atoms with van der Waals surface area (Å²) in [5.74, 6) is 0. The van der Waals surface area contributed by atoms with Gasteiger partial charge in [0.15, 0.2) is 0 Å². The molecule has 0 saturated heterocycles. The number of urea groups is 1. The molecule has 4 heteroatoms. The Hall–Kier alpha value is -3.79. The van der Waals surface area contributed by atoms with E-state index in [0.717, 1.165) is 39.3 Å². The molecule has 0 saturated carbocycles. The van der Waals surface area contributed by atoms with E-state index in [0.29, 0.717) is 6.54 Å². The van der Waals surface area contributed by atoms with Crippen molar-refractivity contribution in [3.05, 3.63) is 119 Å². The number of hydrogen-bond acceptors (Lipinski definition) is 1. The highest BCUT2D eigenvalue weighted by Crippen LogP contribution is 2.37. The van der Waals surface area contributed by atoms with Gasteiger partial charge >= 0.3 is 6.03 Å². The first-order chi connectivity index (χ1) is 15.1. The number of amides is 2. The molecular weight excluding hydrogens is 382 g/mol. The molecule has 4 aromatic rings. The van der Waals surface area contributed by atoms with E-state index in [1.165, 1.54) is 0 Å². The average Bonchev–Trinajstić information content (AvgIpc) is 3.21. The molecular formula is C27H25N3O. The van der Waals surface area contributed by atoms with Crippen molar-refractivity contribution in [1.29, 1.82) is 0 Å². The van der Waals surface area contributed by atoms with E-state index in [1.807, 2.05) is 67.3 Å². The quantitative estimate of drug-likeness (QED) is 0.420. The number of nitrogens with one attached hydrogen (secondary N) is 1. The smallest absolute Gasteiger partial charge is 0.318 e. The second-order valence-electron chi connectivity index (χ2n) is 8.12. The van der Waals surface area contributed by atoms with Gasteiger partial charge in [0.25, 0.3) is 0 Å². The van der Waals surface area contributed by atoms with Gasteiger partial charge in [-0.05, 0) is 60.4 Å². The third-order valence-corrected chi connectivity index (χ3v) is 5.97. The van der Waals surface area contributed by atoms with Crippen LogP contribution in [-0.2, 0) is 6.54 Å². The first-order valence-corrected chi connectivity index (χ1v) is 10.6. The summed E-state index contributed by atoms with van der Waals surface area (Å²) < 4.78 is 2.21. The molecule has 4 nitrogen and oxygen atoms in total. The van der Waals surface area contributed by atoms with Crippen LogP contribution in [0.25, 0.3) is 5.69 Å². The fourth-order valence-corrected chi connectivity index (χ4v) is 4.38. The van der Waals surface area contributed by atoms with Crippen LogP contribution < -0.4 is 5.32 Å². The lowest BCUT2D eigenvalue weighted by Gasteiger charge is -2.31. The van der Waals surface area contributed by atoms with E-state index in [9.17, 15) is 4.79 Å². The van der Waals surface area contributed by atoms with Crippen molar-refractivity contribution in [3.63, 3.8) is 0 Å². The summed E-state index contributed by atoms with van der Waals surface area (Å²) in [7, 11) is 0. The minimum Gasteiger partial charge on any atom is -0.318 e. The van der Waals surface area contributed by atoms with E-state index in [1.54, 1.807) is 0 Å². The molecule has 3 aromatic carbocycles. The van der Waals surface area contributed by atoms with Crippen molar-refractivity contribution in [2.75, 3.05) is 5.32 Å². The Kier molecular flexibility index (Phi) is 4.83. The van der Waals surface area contributed by atoms with E-state index in [-0.39, 0.29) is 12.1 Å². The standard InChI is InChI=1S/C27H25N3O/c1-19-14-15-20(2)23(17-19)28-27(31)30-18-22-11-6-7-12-24(22)29-16-8-13-25(29)26(30)21-9-4-3-5-10-21/h3-17,26H,18H2,1-2H3,(H,28,31)/t26-/m1/s1. The van der Waals surface area contributed by atoms with Crippen molar-refractivity contribution < 1.29 is 4.79 Å². The maximum atomic E-state index is 13.7. The Labute approximate surface area is 182 Å². The molecule has 1 N–H and O–H groups in total. The second kappa shape index (κ2) is 7.80. The number of nitrogens with zero attached hydrogens (tertiary/aromatic N) is 2. The molecule has 31 heavy (non-hydrogen) atoms. The minimum atomic E-state index is -0.200. The van der Waals surface area contributed by atoms with Crippen molar-refractivity contribution in [2.24, 2.45) is 0 Å². The van der Waals surface area contributed by atoms with E-state index in [4.69, 9.17) is 0 Å². The molecule has 0 fully saturated rings. The number of aryl methyl sites for hydroxylation is 2. The van der Waals surface area contributed by atoms with E-state index in [2.05, 4.69) is 52.5 Å². The third-order valence-electron chi connectivity index (χ3n) is 5.97. The molecule has 0 radical (unpaired) electrons. The van der Waals surface area contributed by atoms with Crippen molar-refractivity contribution in [2.45, 2.75) is 26.4 Å². The highest BCUT2D eigenvalue weighted by atomic mass is 16.2. The van der Waals surface area contributed by atoms with Crippen molar-refractivity contribution in [3.8, 4) is 5.69 Å². The van der Waals surface area contributed by atoms with Crippen LogP contribution in [0.4, 0.5) is 10.5 Å². The molecule has 0 unspecified atom stereocenters. The van der Waals surface area contributed by atoms with Crippen LogP contribution in [0.15, 0.2) is 91.1 Å². The van der Waals surface area contributed by atoms with Gasteiger partial charge in [0, 0.05) is 17.6 Å². The molecule has 0 aliphatic carbocycles. The fourth-order valence-electron chi connectivity index (χ4n) is 4.38. The van der Waals surface area contributed by atoms with Gasteiger partial charge in [-0.25, -0.2) is 4.79 Å². The van der Waals surface area contributed by atoms with Gasteiger partial charge in [0.05, 0.1) is 18.3 Å². The molecule has 1 aromatic heterocycles. The zero-order valence-corrected chi connectivity index (χ0v) is 17.7. The molecule has 0 bridgehead atoms. The van der Waals surface area contributed by atoms with Crippen LogP contribution in [0, 0.1) is 13.8 Å². The van der Waals surface area contributed by atoms with Gasteiger partial charge in [-0.3, -0.25) is 0 Å². The predicted octanol–water partition coefficient (Wildman–Crippen LogP) is 6.23. The number of carbonyl (C=O) groups excluding carboxylic acids is 1. The molecule has 1 aliphatic rings. The van der Waals surface area contributed by atoms with Crippen LogP contribution in [0.2, 0.25) is 0 Å². The lowest BCUT2D eigenvalue weighted by atomic mass is 10.0. The monoisotopic (exact) mass is 407 g/mol. The van der Waals surface area contributed by atoms with Gasteiger partial charge in [-0.15, -0.1) is 0 Å². The van der Waals surface area contributed by atoms with Crippen LogP contribution in [0.5, 0.6) is 0 Å². The average molecular weight is 408 g/mol. The maximum Gasteiger partial charge on any atom is 0.322 e. The summed E-state index contributed by atoms with van der Waals surface area (Å²) in [6, 6.07) is 28.5. The summed E-state index contributed by atoms with van der Waals surface area (Å²) in [6.45, 7) is 4.58. The number of fused-ring (bicyclic) bond motifs is 3. The SMILES string of the molecule is Cc1ccc(C)c(NC(=O)N2Cc3ccccc3-n3cccc3[C@H]2c2ccccc2)c1. The lowest BCUT2D eigenvalue weighted by Crippen LogP contribution is -2.38. The highest BCUT2D eigenvalue weighted by molar-refractivity contribution is 5.91. The fraction of sp³-hybridized carbons (Fsp3) is 0.148. The Balaban J connectivity index is 1.63. The topological polar surface area (TPSA) is 37.3 Å². The summed E-state index contributed by atoms with van der Waals surface area (Å²) in [5.41, 5.74) is 7.42. The highest BCUT2D eigenvalue weighted by Gasteiger charge is 2.33.